The van der Waals surface area contributed by atoms with Gasteiger partial charge in [0, 0.05) is 37.7 Å². The molecule has 152 valence electrons. The van der Waals surface area contributed by atoms with Gasteiger partial charge < -0.3 is 10.1 Å². The number of anilines is 1. The van der Waals surface area contributed by atoms with E-state index < -0.39 is 0 Å². The number of aromatic nitrogens is 2. The number of carbonyl (C=O) groups is 1. The molecule has 0 bridgehead atoms. The fraction of sp³-hybridized carbons (Fsp3) is 0.524. The third-order valence-electron chi connectivity index (χ3n) is 5.08. The van der Waals surface area contributed by atoms with Crippen LogP contribution >= 0.6 is 0 Å². The number of nitrogens with one attached hydrogen (secondary N) is 1. The van der Waals surface area contributed by atoms with Gasteiger partial charge in [-0.05, 0) is 37.0 Å². The molecular formula is C21H29FN4O2. The first-order valence-electron chi connectivity index (χ1n) is 9.84. The molecule has 7 heteroatoms. The lowest BCUT2D eigenvalue weighted by Crippen LogP contribution is -2.35. The average Bonchev–Trinajstić information content (AvgIpc) is 3.11. The minimum Gasteiger partial charge on any atom is -0.497 e. The third kappa shape index (κ3) is 5.10. The highest BCUT2D eigenvalue weighted by Gasteiger charge is 2.24. The zero-order chi connectivity index (χ0) is 20.1. The summed E-state index contributed by atoms with van der Waals surface area (Å²) in [5.41, 5.74) is 0.651. The topological polar surface area (TPSA) is 59.4 Å². The molecule has 0 saturated carbocycles. The van der Waals surface area contributed by atoms with E-state index in [4.69, 9.17) is 4.74 Å². The number of nitrogens with zero attached hydrogens (tertiary/aromatic N) is 3. The van der Waals surface area contributed by atoms with Crippen molar-refractivity contribution in [2.75, 3.05) is 25.5 Å². The zero-order valence-corrected chi connectivity index (χ0v) is 16.8. The summed E-state index contributed by atoms with van der Waals surface area (Å²) in [5, 5.41) is 7.40. The van der Waals surface area contributed by atoms with Crippen LogP contribution in [0.3, 0.4) is 0 Å². The first-order valence-corrected chi connectivity index (χ1v) is 9.84. The van der Waals surface area contributed by atoms with Crippen LogP contribution in [0.25, 0.3) is 0 Å². The summed E-state index contributed by atoms with van der Waals surface area (Å²) >= 11 is 0. The van der Waals surface area contributed by atoms with Crippen LogP contribution < -0.4 is 10.1 Å². The molecule has 2 aromatic rings. The number of amides is 1. The normalized spacial score (nSPS) is 15.8. The highest BCUT2D eigenvalue weighted by atomic mass is 19.1. The van der Waals surface area contributed by atoms with E-state index in [9.17, 15) is 9.18 Å². The molecule has 1 fully saturated rings. The average molecular weight is 388 g/mol. The Morgan fingerprint density at radius 2 is 2.07 bits per heavy atom. The zero-order valence-electron chi connectivity index (χ0n) is 16.8. The molecule has 1 aromatic carbocycles. The largest absolute Gasteiger partial charge is 0.497 e. The van der Waals surface area contributed by atoms with E-state index in [-0.39, 0.29) is 17.8 Å². The fourth-order valence-electron chi connectivity index (χ4n) is 3.63. The molecule has 6 nitrogen and oxygen atoms in total. The molecule has 1 aromatic heterocycles. The molecule has 28 heavy (non-hydrogen) atoms. The molecule has 0 radical (unpaired) electrons. The van der Waals surface area contributed by atoms with Gasteiger partial charge in [-0.1, -0.05) is 13.8 Å². The van der Waals surface area contributed by atoms with Crippen LogP contribution in [0, 0.1) is 11.7 Å². The number of rotatable bonds is 7. The van der Waals surface area contributed by atoms with Gasteiger partial charge in [0.05, 0.1) is 19.3 Å². The van der Waals surface area contributed by atoms with Gasteiger partial charge in [0.15, 0.2) is 0 Å². The lowest BCUT2D eigenvalue weighted by Gasteiger charge is -2.32. The lowest BCUT2D eigenvalue weighted by molar-refractivity contribution is -0.116. The Hall–Kier alpha value is -2.41. The number of hydrogen-bond acceptors (Lipinski definition) is 4. The molecule has 1 aliphatic heterocycles. The Morgan fingerprint density at radius 1 is 1.32 bits per heavy atom. The first-order chi connectivity index (χ1) is 13.5. The van der Waals surface area contributed by atoms with Crippen LogP contribution in [0.2, 0.25) is 0 Å². The monoisotopic (exact) mass is 388 g/mol. The quantitative estimate of drug-likeness (QED) is 0.783. The summed E-state index contributed by atoms with van der Waals surface area (Å²) in [4.78, 5) is 14.3. The van der Waals surface area contributed by atoms with Crippen LogP contribution in [0.1, 0.15) is 44.7 Å². The maximum atomic E-state index is 14.1. The number of likely N-dealkylation sites (tertiary alicyclic amines) is 1. The van der Waals surface area contributed by atoms with E-state index in [2.05, 4.69) is 15.3 Å². The molecule has 0 unspecified atom stereocenters. The molecule has 0 spiro atoms. The second-order valence-electron chi connectivity index (χ2n) is 7.77. The van der Waals surface area contributed by atoms with Crippen molar-refractivity contribution < 1.29 is 13.9 Å². The van der Waals surface area contributed by atoms with Crippen LogP contribution in [0.4, 0.5) is 10.2 Å². The van der Waals surface area contributed by atoms with Crippen molar-refractivity contribution in [2.24, 2.45) is 5.92 Å². The van der Waals surface area contributed by atoms with Crippen LogP contribution in [0.15, 0.2) is 30.5 Å². The Morgan fingerprint density at radius 3 is 2.75 bits per heavy atom. The van der Waals surface area contributed by atoms with E-state index in [1.165, 1.54) is 6.07 Å². The second kappa shape index (κ2) is 9.19. The Kier molecular flexibility index (Phi) is 6.67. The maximum absolute atomic E-state index is 14.1. The molecule has 2 heterocycles. The SMILES string of the molecule is COc1ccc(F)c(CN2CCC(n3nccc3NC(=O)CC(C)C)CC2)c1. The Balaban J connectivity index is 1.58. The van der Waals surface area contributed by atoms with E-state index in [1.54, 1.807) is 25.4 Å². The van der Waals surface area contributed by atoms with Crippen LogP contribution in [-0.4, -0.2) is 40.8 Å². The number of carbonyl (C=O) groups excluding carboxylic acids is 1. The highest BCUT2D eigenvalue weighted by Crippen LogP contribution is 2.27. The lowest BCUT2D eigenvalue weighted by atomic mass is 10.0. The van der Waals surface area contributed by atoms with Gasteiger partial charge in [-0.3, -0.25) is 9.69 Å². The van der Waals surface area contributed by atoms with E-state index in [0.29, 0.717) is 30.2 Å². The predicted octanol–water partition coefficient (Wildman–Crippen LogP) is 3.85. The molecule has 0 atom stereocenters. The molecule has 1 aliphatic rings. The van der Waals surface area contributed by atoms with Crippen molar-refractivity contribution in [2.45, 2.75) is 45.7 Å². The van der Waals surface area contributed by atoms with Gasteiger partial charge in [0.1, 0.15) is 17.4 Å². The highest BCUT2D eigenvalue weighted by molar-refractivity contribution is 5.89. The molecule has 1 amide bonds. The molecular weight excluding hydrogens is 359 g/mol. The van der Waals surface area contributed by atoms with Crippen LogP contribution in [-0.2, 0) is 11.3 Å². The smallest absolute Gasteiger partial charge is 0.225 e. The minimum absolute atomic E-state index is 0.0164. The number of ether oxygens (including phenoxy) is 1. The van der Waals surface area contributed by atoms with Crippen molar-refractivity contribution in [1.82, 2.24) is 14.7 Å². The summed E-state index contributed by atoms with van der Waals surface area (Å²) in [7, 11) is 1.59. The Labute approximate surface area is 165 Å². The minimum atomic E-state index is -0.204. The van der Waals surface area contributed by atoms with Gasteiger partial charge in [0.25, 0.3) is 0 Å². The number of benzene rings is 1. The van der Waals surface area contributed by atoms with Gasteiger partial charge in [-0.15, -0.1) is 0 Å². The van der Waals surface area contributed by atoms with E-state index >= 15 is 0 Å². The second-order valence-corrected chi connectivity index (χ2v) is 7.77. The molecule has 3 rings (SSSR count). The van der Waals surface area contributed by atoms with Crippen LogP contribution in [0.5, 0.6) is 5.75 Å². The van der Waals surface area contributed by atoms with Gasteiger partial charge in [-0.25, -0.2) is 9.07 Å². The molecule has 1 N–H and O–H groups in total. The fourth-order valence-corrected chi connectivity index (χ4v) is 3.63. The first kappa shape index (κ1) is 20.3. The standard InChI is InChI=1S/C21H29FN4O2/c1-15(2)12-21(27)24-20-6-9-23-26(20)17-7-10-25(11-8-17)14-16-13-18(28-3)4-5-19(16)22/h4-6,9,13,15,17H,7-8,10-12,14H2,1-3H3,(H,24,27). The van der Waals surface area contributed by atoms with Gasteiger partial charge in [-0.2, -0.15) is 5.10 Å². The third-order valence-corrected chi connectivity index (χ3v) is 5.08. The number of halogens is 1. The van der Waals surface area contributed by atoms with Gasteiger partial charge >= 0.3 is 0 Å². The van der Waals surface area contributed by atoms with Crippen molar-refractivity contribution in [3.05, 3.63) is 41.8 Å². The summed E-state index contributed by atoms with van der Waals surface area (Å²) in [6.45, 7) is 6.31. The molecule has 1 saturated heterocycles. The van der Waals surface area contributed by atoms with E-state index in [0.717, 1.165) is 31.7 Å². The van der Waals surface area contributed by atoms with Crippen molar-refractivity contribution in [3.8, 4) is 5.75 Å². The number of piperidine rings is 1. The number of methoxy groups -OCH3 is 1. The van der Waals surface area contributed by atoms with Crippen molar-refractivity contribution >= 4 is 11.7 Å². The summed E-state index contributed by atoms with van der Waals surface area (Å²) in [6.07, 6.45) is 4.03. The summed E-state index contributed by atoms with van der Waals surface area (Å²) < 4.78 is 21.2. The number of hydrogen-bond donors (Lipinski definition) is 1. The van der Waals surface area contributed by atoms with Crippen molar-refractivity contribution in [1.29, 1.82) is 0 Å². The maximum Gasteiger partial charge on any atom is 0.225 e. The van der Waals surface area contributed by atoms with Gasteiger partial charge in [0.2, 0.25) is 5.91 Å². The Bertz CT molecular complexity index is 797. The molecule has 0 aliphatic carbocycles. The van der Waals surface area contributed by atoms with Crippen molar-refractivity contribution in [3.63, 3.8) is 0 Å². The van der Waals surface area contributed by atoms with E-state index in [1.807, 2.05) is 24.6 Å². The predicted molar refractivity (Wildman–Crippen MR) is 107 cm³/mol. The summed E-state index contributed by atoms with van der Waals surface area (Å²) in [5.74, 6) is 1.55. The summed E-state index contributed by atoms with van der Waals surface area (Å²) in [6, 6.07) is 6.93.